The number of benzene rings is 2. The first kappa shape index (κ1) is 15.2. The molecule has 7 heteroatoms. The molecule has 0 amide bonds. The second kappa shape index (κ2) is 6.62. The van der Waals surface area contributed by atoms with Crippen LogP contribution >= 0.6 is 15.9 Å². The Morgan fingerprint density at radius 1 is 1.17 bits per heavy atom. The topological polar surface area (TPSA) is 85.5 Å². The number of nitrogens with zero attached hydrogens (tertiary/aromatic N) is 2. The lowest BCUT2D eigenvalue weighted by molar-refractivity contribution is 0.0438. The zero-order chi connectivity index (χ0) is 16.2. The van der Waals surface area contributed by atoms with E-state index in [9.17, 15) is 9.90 Å². The van der Waals surface area contributed by atoms with E-state index >= 15 is 0 Å². The summed E-state index contributed by atoms with van der Waals surface area (Å²) in [5.41, 5.74) is 1.02. The van der Waals surface area contributed by atoms with Crippen molar-refractivity contribution in [3.63, 3.8) is 0 Å². The van der Waals surface area contributed by atoms with E-state index in [4.69, 9.17) is 9.15 Å². The maximum atomic E-state index is 11.9. The lowest BCUT2D eigenvalue weighted by atomic mass is 10.2. The van der Waals surface area contributed by atoms with Gasteiger partial charge in [0.15, 0.2) is 6.61 Å². The van der Waals surface area contributed by atoms with Gasteiger partial charge in [-0.05, 0) is 42.5 Å². The zero-order valence-corrected chi connectivity index (χ0v) is 13.4. The third-order valence-corrected chi connectivity index (χ3v) is 3.50. The number of carbonyl (C=O) groups is 1. The Hall–Kier alpha value is -2.67. The van der Waals surface area contributed by atoms with Crippen molar-refractivity contribution in [2.45, 2.75) is 6.61 Å². The van der Waals surface area contributed by atoms with Crippen LogP contribution in [0.3, 0.4) is 0 Å². The fourth-order valence-corrected chi connectivity index (χ4v) is 2.13. The van der Waals surface area contributed by atoms with Gasteiger partial charge in [-0.2, -0.15) is 0 Å². The maximum Gasteiger partial charge on any atom is 0.338 e. The van der Waals surface area contributed by atoms with Crippen LogP contribution in [0.4, 0.5) is 0 Å². The third-order valence-electron chi connectivity index (χ3n) is 2.97. The van der Waals surface area contributed by atoms with Gasteiger partial charge in [-0.15, -0.1) is 10.2 Å². The van der Waals surface area contributed by atoms with Gasteiger partial charge in [-0.1, -0.05) is 22.0 Å². The molecule has 2 aromatic carbocycles. The van der Waals surface area contributed by atoms with E-state index < -0.39 is 5.97 Å². The van der Waals surface area contributed by atoms with Gasteiger partial charge in [0.2, 0.25) is 5.89 Å². The SMILES string of the molecule is O=C(OCc1nnc(-c2ccc(Br)cc2)o1)c1cccc(O)c1. The van der Waals surface area contributed by atoms with Gasteiger partial charge in [0.25, 0.3) is 5.89 Å². The highest BCUT2D eigenvalue weighted by atomic mass is 79.9. The molecule has 0 aliphatic rings. The van der Waals surface area contributed by atoms with Crippen molar-refractivity contribution in [3.05, 3.63) is 64.5 Å². The summed E-state index contributed by atoms with van der Waals surface area (Å²) in [6.45, 7) is -0.141. The number of rotatable bonds is 4. The van der Waals surface area contributed by atoms with E-state index in [0.717, 1.165) is 10.0 Å². The highest BCUT2D eigenvalue weighted by Crippen LogP contribution is 2.21. The number of halogens is 1. The summed E-state index contributed by atoms with van der Waals surface area (Å²) in [5.74, 6) is -0.0450. The molecular formula is C16H11BrN2O4. The number of carbonyl (C=O) groups excluding carboxylic acids is 1. The van der Waals surface area contributed by atoms with Crippen molar-refractivity contribution in [1.82, 2.24) is 10.2 Å². The average Bonchev–Trinajstić information content (AvgIpc) is 3.02. The van der Waals surface area contributed by atoms with E-state index in [2.05, 4.69) is 26.1 Å². The van der Waals surface area contributed by atoms with Crippen LogP contribution in [0.2, 0.25) is 0 Å². The van der Waals surface area contributed by atoms with E-state index in [1.807, 2.05) is 24.3 Å². The minimum absolute atomic E-state index is 0.00485. The smallest absolute Gasteiger partial charge is 0.338 e. The molecule has 3 rings (SSSR count). The standard InChI is InChI=1S/C16H11BrN2O4/c17-12-6-4-10(5-7-12)15-19-18-14(23-15)9-22-16(21)11-2-1-3-13(20)8-11/h1-8,20H,9H2. The van der Waals surface area contributed by atoms with E-state index in [0.29, 0.717) is 5.89 Å². The first-order chi connectivity index (χ1) is 11.1. The Morgan fingerprint density at radius 3 is 2.70 bits per heavy atom. The molecule has 0 bridgehead atoms. The van der Waals surface area contributed by atoms with Gasteiger partial charge in [0.1, 0.15) is 5.75 Å². The molecule has 116 valence electrons. The Kier molecular flexibility index (Phi) is 4.38. The summed E-state index contributed by atoms with van der Waals surface area (Å²) in [6.07, 6.45) is 0. The minimum atomic E-state index is -0.579. The van der Waals surface area contributed by atoms with Gasteiger partial charge < -0.3 is 14.3 Å². The maximum absolute atomic E-state index is 11.9. The summed E-state index contributed by atoms with van der Waals surface area (Å²) in [4.78, 5) is 11.9. The Labute approximate surface area is 139 Å². The van der Waals surface area contributed by atoms with Crippen LogP contribution in [-0.2, 0) is 11.3 Å². The highest BCUT2D eigenvalue weighted by molar-refractivity contribution is 9.10. The Morgan fingerprint density at radius 2 is 1.96 bits per heavy atom. The first-order valence-corrected chi connectivity index (χ1v) is 7.45. The van der Waals surface area contributed by atoms with E-state index in [1.165, 1.54) is 12.1 Å². The van der Waals surface area contributed by atoms with Gasteiger partial charge in [0, 0.05) is 10.0 Å². The molecule has 3 aromatic rings. The molecule has 0 saturated heterocycles. The summed E-state index contributed by atoms with van der Waals surface area (Å²) in [5, 5.41) is 17.1. The van der Waals surface area contributed by atoms with Crippen LogP contribution in [0.15, 0.2) is 57.4 Å². The predicted molar refractivity (Wildman–Crippen MR) is 84.7 cm³/mol. The molecular weight excluding hydrogens is 364 g/mol. The molecule has 0 atom stereocenters. The lowest BCUT2D eigenvalue weighted by Gasteiger charge is -2.02. The molecule has 0 saturated carbocycles. The Balaban J connectivity index is 1.65. The van der Waals surface area contributed by atoms with Crippen molar-refractivity contribution in [2.24, 2.45) is 0 Å². The lowest BCUT2D eigenvalue weighted by Crippen LogP contribution is -2.05. The average molecular weight is 375 g/mol. The molecule has 0 fully saturated rings. The summed E-state index contributed by atoms with van der Waals surface area (Å²) < 4.78 is 11.5. The van der Waals surface area contributed by atoms with Crippen molar-refractivity contribution in [2.75, 3.05) is 0 Å². The molecule has 0 spiro atoms. The van der Waals surface area contributed by atoms with Crippen LogP contribution in [0.1, 0.15) is 16.2 Å². The van der Waals surface area contributed by atoms with Crippen LogP contribution < -0.4 is 0 Å². The molecule has 0 aliphatic carbocycles. The van der Waals surface area contributed by atoms with E-state index in [1.54, 1.807) is 12.1 Å². The quantitative estimate of drug-likeness (QED) is 0.702. The monoisotopic (exact) mass is 374 g/mol. The molecule has 0 aliphatic heterocycles. The highest BCUT2D eigenvalue weighted by Gasteiger charge is 2.12. The van der Waals surface area contributed by atoms with Crippen LogP contribution in [0.5, 0.6) is 5.75 Å². The number of hydrogen-bond donors (Lipinski definition) is 1. The van der Waals surface area contributed by atoms with Gasteiger partial charge in [-0.3, -0.25) is 0 Å². The number of phenolic OH excluding ortho intramolecular Hbond substituents is 1. The number of aromatic hydroxyl groups is 1. The predicted octanol–water partition coefficient (Wildman–Crippen LogP) is 3.56. The summed E-state index contributed by atoms with van der Waals surface area (Å²) >= 11 is 3.35. The number of hydrogen-bond acceptors (Lipinski definition) is 6. The number of esters is 1. The van der Waals surface area contributed by atoms with Crippen LogP contribution in [-0.4, -0.2) is 21.3 Å². The second-order valence-corrected chi connectivity index (χ2v) is 5.55. The first-order valence-electron chi connectivity index (χ1n) is 6.66. The van der Waals surface area contributed by atoms with Gasteiger partial charge in [-0.25, -0.2) is 4.79 Å². The largest absolute Gasteiger partial charge is 0.508 e. The number of phenols is 1. The molecule has 23 heavy (non-hydrogen) atoms. The van der Waals surface area contributed by atoms with Gasteiger partial charge >= 0.3 is 5.97 Å². The number of ether oxygens (including phenoxy) is 1. The minimum Gasteiger partial charge on any atom is -0.508 e. The normalized spacial score (nSPS) is 10.5. The fraction of sp³-hybridized carbons (Fsp3) is 0.0625. The fourth-order valence-electron chi connectivity index (χ4n) is 1.86. The van der Waals surface area contributed by atoms with Gasteiger partial charge in [0.05, 0.1) is 5.56 Å². The summed E-state index contributed by atoms with van der Waals surface area (Å²) in [7, 11) is 0. The van der Waals surface area contributed by atoms with Crippen molar-refractivity contribution < 1.29 is 19.1 Å². The van der Waals surface area contributed by atoms with Crippen LogP contribution in [0, 0.1) is 0 Å². The van der Waals surface area contributed by atoms with Crippen LogP contribution in [0.25, 0.3) is 11.5 Å². The number of aromatic nitrogens is 2. The third kappa shape index (κ3) is 3.75. The Bertz CT molecular complexity index is 830. The van der Waals surface area contributed by atoms with Crippen molar-refractivity contribution in [3.8, 4) is 17.2 Å². The van der Waals surface area contributed by atoms with Crippen molar-refractivity contribution in [1.29, 1.82) is 0 Å². The van der Waals surface area contributed by atoms with E-state index in [-0.39, 0.29) is 23.8 Å². The molecule has 0 unspecified atom stereocenters. The second-order valence-electron chi connectivity index (χ2n) is 4.63. The van der Waals surface area contributed by atoms with Crippen molar-refractivity contribution >= 4 is 21.9 Å². The summed E-state index contributed by atoms with van der Waals surface area (Å²) in [6, 6.07) is 13.3. The molecule has 6 nitrogen and oxygen atoms in total. The molecule has 0 radical (unpaired) electrons. The molecule has 1 heterocycles. The zero-order valence-electron chi connectivity index (χ0n) is 11.8. The molecule has 1 N–H and O–H groups in total. The molecule has 1 aromatic heterocycles.